The first-order chi connectivity index (χ1) is 15.7. The summed E-state index contributed by atoms with van der Waals surface area (Å²) >= 11 is 0. The third-order valence-electron chi connectivity index (χ3n) is 8.51. The summed E-state index contributed by atoms with van der Waals surface area (Å²) in [5, 5.41) is 0. The van der Waals surface area contributed by atoms with Gasteiger partial charge in [-0.05, 0) is 86.1 Å². The lowest BCUT2D eigenvalue weighted by Gasteiger charge is -2.57. The van der Waals surface area contributed by atoms with Crippen LogP contribution in [0.1, 0.15) is 44.1 Å². The van der Waals surface area contributed by atoms with Gasteiger partial charge in [-0.2, -0.15) is 0 Å². The zero-order valence-corrected chi connectivity index (χ0v) is 18.9. The summed E-state index contributed by atoms with van der Waals surface area (Å²) in [6.45, 7) is 4.13. The van der Waals surface area contributed by atoms with Crippen LogP contribution in [0.25, 0.3) is 0 Å². The number of hydrogen-bond donors (Lipinski definition) is 0. The molecule has 4 heteroatoms. The second kappa shape index (κ2) is 8.13. The minimum absolute atomic E-state index is 0.00530. The summed E-state index contributed by atoms with van der Waals surface area (Å²) in [6, 6.07) is 18.7. The van der Waals surface area contributed by atoms with Crippen molar-refractivity contribution in [1.82, 2.24) is 4.90 Å². The van der Waals surface area contributed by atoms with Crippen molar-refractivity contribution in [2.45, 2.75) is 45.1 Å². The molecule has 0 aromatic heterocycles. The molecule has 1 aliphatic heterocycles. The average Bonchev–Trinajstić information content (AvgIpc) is 2.83. The molecule has 0 spiro atoms. The number of benzene rings is 2. The molecule has 1 saturated heterocycles. The Bertz CT molecular complexity index is 912. The van der Waals surface area contributed by atoms with Crippen LogP contribution in [-0.2, 0) is 11.4 Å². The van der Waals surface area contributed by atoms with Gasteiger partial charge < -0.3 is 14.5 Å². The lowest BCUT2D eigenvalue weighted by molar-refractivity contribution is -0.158. The highest BCUT2D eigenvalue weighted by atomic mass is 16.5. The van der Waals surface area contributed by atoms with Crippen LogP contribution in [0.15, 0.2) is 54.6 Å². The van der Waals surface area contributed by atoms with Gasteiger partial charge in [0.05, 0.1) is 5.41 Å². The van der Waals surface area contributed by atoms with Crippen LogP contribution in [0, 0.1) is 23.2 Å². The molecule has 1 heterocycles. The molecule has 2 aromatic rings. The van der Waals surface area contributed by atoms with Gasteiger partial charge in [-0.25, -0.2) is 0 Å². The Morgan fingerprint density at radius 3 is 2.00 bits per heavy atom. The van der Waals surface area contributed by atoms with E-state index in [2.05, 4.69) is 46.2 Å². The van der Waals surface area contributed by atoms with Crippen molar-refractivity contribution in [3.05, 3.63) is 60.2 Å². The van der Waals surface area contributed by atoms with Crippen molar-refractivity contribution in [1.29, 1.82) is 0 Å². The minimum Gasteiger partial charge on any atom is -0.489 e. The molecular weight excluding hydrogens is 396 g/mol. The van der Waals surface area contributed by atoms with Gasteiger partial charge in [0, 0.05) is 31.9 Å². The van der Waals surface area contributed by atoms with E-state index < -0.39 is 0 Å². The third kappa shape index (κ3) is 3.78. The number of piperazine rings is 1. The quantitative estimate of drug-likeness (QED) is 0.659. The predicted octanol–water partition coefficient (Wildman–Crippen LogP) is 5.13. The smallest absolute Gasteiger partial charge is 0.228 e. The highest BCUT2D eigenvalue weighted by molar-refractivity contribution is 5.83. The maximum Gasteiger partial charge on any atom is 0.228 e. The van der Waals surface area contributed by atoms with Gasteiger partial charge in [-0.1, -0.05) is 30.3 Å². The van der Waals surface area contributed by atoms with Crippen molar-refractivity contribution in [3.8, 4) is 5.75 Å². The molecule has 4 saturated carbocycles. The molecule has 0 radical (unpaired) electrons. The number of carbonyl (C=O) groups excluding carboxylic acids is 1. The minimum atomic E-state index is -0.00530. The fraction of sp³-hybridized carbons (Fsp3) is 0.536. The summed E-state index contributed by atoms with van der Waals surface area (Å²) in [6.07, 6.45) is 7.69. The van der Waals surface area contributed by atoms with Gasteiger partial charge in [0.25, 0.3) is 0 Å². The molecule has 4 bridgehead atoms. The Morgan fingerprint density at radius 2 is 1.41 bits per heavy atom. The van der Waals surface area contributed by atoms with Gasteiger partial charge in [0.2, 0.25) is 5.91 Å². The number of ether oxygens (including phenoxy) is 1. The molecule has 4 aliphatic carbocycles. The summed E-state index contributed by atoms with van der Waals surface area (Å²) in [5.74, 6) is 3.87. The Balaban J connectivity index is 1.04. The average molecular weight is 431 g/mol. The van der Waals surface area contributed by atoms with Gasteiger partial charge in [-0.3, -0.25) is 4.79 Å². The summed E-state index contributed by atoms with van der Waals surface area (Å²) in [4.78, 5) is 18.2. The number of hydrogen-bond acceptors (Lipinski definition) is 3. The number of anilines is 1. The molecule has 0 unspecified atom stereocenters. The third-order valence-corrected chi connectivity index (χ3v) is 8.51. The number of carbonyl (C=O) groups is 1. The molecule has 0 atom stereocenters. The van der Waals surface area contributed by atoms with Gasteiger partial charge in [0.15, 0.2) is 0 Å². The maximum atomic E-state index is 13.6. The standard InChI is InChI=1S/C28H34N2O2/c31-27(28-17-22-14-23(18-28)16-24(15-22)19-28)30-12-10-29(11-13-30)25-6-8-26(9-7-25)32-20-21-4-2-1-3-5-21/h1-9,22-24H,10-20H2. The first kappa shape index (κ1) is 20.1. The monoisotopic (exact) mass is 430 g/mol. The fourth-order valence-corrected chi connectivity index (χ4v) is 7.37. The Labute approximate surface area is 191 Å². The second-order valence-electron chi connectivity index (χ2n) is 10.7. The van der Waals surface area contributed by atoms with Crippen LogP contribution in [0.3, 0.4) is 0 Å². The first-order valence-electron chi connectivity index (χ1n) is 12.5. The normalized spacial score (nSPS) is 31.1. The Morgan fingerprint density at radius 1 is 0.812 bits per heavy atom. The van der Waals surface area contributed by atoms with E-state index in [9.17, 15) is 4.79 Å². The fourth-order valence-electron chi connectivity index (χ4n) is 7.37. The van der Waals surface area contributed by atoms with E-state index in [1.54, 1.807) is 0 Å². The van der Waals surface area contributed by atoms with Crippen LogP contribution in [0.5, 0.6) is 5.75 Å². The van der Waals surface area contributed by atoms with Crippen molar-refractivity contribution < 1.29 is 9.53 Å². The lowest BCUT2D eigenvalue weighted by atomic mass is 9.49. The van der Waals surface area contributed by atoms with Crippen LogP contribution < -0.4 is 9.64 Å². The van der Waals surface area contributed by atoms with Crippen molar-refractivity contribution in [2.24, 2.45) is 23.2 Å². The number of amides is 1. The molecule has 5 fully saturated rings. The second-order valence-corrected chi connectivity index (χ2v) is 10.7. The number of rotatable bonds is 5. The Hall–Kier alpha value is -2.49. The lowest BCUT2D eigenvalue weighted by Crippen LogP contribution is -2.58. The molecule has 7 rings (SSSR count). The van der Waals surface area contributed by atoms with Crippen LogP contribution >= 0.6 is 0 Å². The molecule has 4 nitrogen and oxygen atoms in total. The molecule has 0 N–H and O–H groups in total. The summed E-state index contributed by atoms with van der Waals surface area (Å²) in [5.41, 5.74) is 2.39. The van der Waals surface area contributed by atoms with E-state index in [1.165, 1.54) is 49.8 Å². The maximum absolute atomic E-state index is 13.6. The van der Waals surface area contributed by atoms with Crippen LogP contribution in [0.2, 0.25) is 0 Å². The van der Waals surface area contributed by atoms with Gasteiger partial charge in [-0.15, -0.1) is 0 Å². The van der Waals surface area contributed by atoms with Gasteiger partial charge >= 0.3 is 0 Å². The molecule has 168 valence electrons. The topological polar surface area (TPSA) is 32.8 Å². The van der Waals surface area contributed by atoms with E-state index in [0.717, 1.165) is 49.7 Å². The Kier molecular flexibility index (Phi) is 5.12. The zero-order valence-electron chi connectivity index (χ0n) is 18.9. The van der Waals surface area contributed by atoms with E-state index >= 15 is 0 Å². The van der Waals surface area contributed by atoms with E-state index in [-0.39, 0.29) is 5.41 Å². The predicted molar refractivity (Wildman–Crippen MR) is 127 cm³/mol. The molecule has 5 aliphatic rings. The van der Waals surface area contributed by atoms with Crippen molar-refractivity contribution >= 4 is 11.6 Å². The van der Waals surface area contributed by atoms with Crippen molar-refractivity contribution in [2.75, 3.05) is 31.1 Å². The molecular formula is C28H34N2O2. The van der Waals surface area contributed by atoms with E-state index in [4.69, 9.17) is 4.74 Å². The van der Waals surface area contributed by atoms with Crippen LogP contribution in [-0.4, -0.2) is 37.0 Å². The summed E-state index contributed by atoms with van der Waals surface area (Å²) in [7, 11) is 0. The zero-order chi connectivity index (χ0) is 21.5. The molecule has 1 amide bonds. The van der Waals surface area contributed by atoms with Crippen molar-refractivity contribution in [3.63, 3.8) is 0 Å². The van der Waals surface area contributed by atoms with E-state index in [1.807, 2.05) is 18.2 Å². The molecule has 32 heavy (non-hydrogen) atoms. The van der Waals surface area contributed by atoms with Gasteiger partial charge in [0.1, 0.15) is 12.4 Å². The highest BCUT2D eigenvalue weighted by Gasteiger charge is 2.55. The SMILES string of the molecule is O=C(N1CCN(c2ccc(OCc3ccccc3)cc2)CC1)C12CC3CC(CC(C3)C1)C2. The largest absolute Gasteiger partial charge is 0.489 e. The summed E-state index contributed by atoms with van der Waals surface area (Å²) < 4.78 is 5.93. The number of nitrogens with zero attached hydrogens (tertiary/aromatic N) is 2. The van der Waals surface area contributed by atoms with E-state index in [0.29, 0.717) is 12.5 Å². The van der Waals surface area contributed by atoms with Crippen LogP contribution in [0.4, 0.5) is 5.69 Å². The molecule has 2 aromatic carbocycles. The first-order valence-corrected chi connectivity index (χ1v) is 12.5. The highest BCUT2D eigenvalue weighted by Crippen LogP contribution is 2.60.